The number of aromatic nitrogens is 4. The van der Waals surface area contributed by atoms with E-state index in [-0.39, 0.29) is 16.6 Å². The van der Waals surface area contributed by atoms with Crippen molar-refractivity contribution in [2.24, 2.45) is 0 Å². The van der Waals surface area contributed by atoms with Crippen molar-refractivity contribution < 1.29 is 13.9 Å². The Balaban J connectivity index is 1.58. The summed E-state index contributed by atoms with van der Waals surface area (Å²) in [4.78, 5) is 26.4. The molecule has 2 aromatic heterocycles. The first-order chi connectivity index (χ1) is 17.0. The summed E-state index contributed by atoms with van der Waals surface area (Å²) >= 11 is 0. The number of nitrogens with one attached hydrogen (secondary N) is 1. The summed E-state index contributed by atoms with van der Waals surface area (Å²) in [6.07, 6.45) is 0. The summed E-state index contributed by atoms with van der Waals surface area (Å²) in [5, 5.41) is 14.8. The number of amides is 1. The number of methoxy groups -OCH3 is 1. The molecule has 0 radical (unpaired) electrons. The van der Waals surface area contributed by atoms with Crippen molar-refractivity contribution in [3.8, 4) is 22.8 Å². The monoisotopic (exact) mass is 467 g/mol. The van der Waals surface area contributed by atoms with Gasteiger partial charge in [-0.05, 0) is 54.6 Å². The Kier molecular flexibility index (Phi) is 5.58. The van der Waals surface area contributed by atoms with E-state index in [0.29, 0.717) is 39.7 Å². The highest BCUT2D eigenvalue weighted by Gasteiger charge is 2.19. The van der Waals surface area contributed by atoms with Gasteiger partial charge in [0.15, 0.2) is 16.8 Å². The molecule has 0 saturated carbocycles. The minimum atomic E-state index is -0.425. The highest BCUT2D eigenvalue weighted by Crippen LogP contribution is 2.29. The first-order valence-electron chi connectivity index (χ1n) is 10.8. The molecule has 1 amide bonds. The summed E-state index contributed by atoms with van der Waals surface area (Å²) < 4.78 is 13.1. The van der Waals surface area contributed by atoms with Crippen LogP contribution in [0.5, 0.6) is 5.75 Å². The highest BCUT2D eigenvalue weighted by atomic mass is 16.5. The highest BCUT2D eigenvalue weighted by molar-refractivity contribution is 6.11. The van der Waals surface area contributed by atoms with Gasteiger partial charge in [-0.1, -0.05) is 36.4 Å². The number of anilines is 1. The van der Waals surface area contributed by atoms with E-state index in [1.54, 1.807) is 57.4 Å². The van der Waals surface area contributed by atoms with Gasteiger partial charge in [-0.25, -0.2) is 0 Å². The minimum Gasteiger partial charge on any atom is -0.494 e. The maximum Gasteiger partial charge on any atom is 0.259 e. The second-order valence-corrected chi connectivity index (χ2v) is 7.91. The van der Waals surface area contributed by atoms with Gasteiger partial charge in [0.25, 0.3) is 5.91 Å². The van der Waals surface area contributed by atoms with Crippen molar-refractivity contribution in [3.05, 3.63) is 93.9 Å². The fraction of sp³-hybridized carbons (Fsp3) is 0.115. The number of tetrazole rings is 1. The number of hydrogen-bond donors (Lipinski definition) is 1. The van der Waals surface area contributed by atoms with Crippen LogP contribution in [0.25, 0.3) is 28.0 Å². The van der Waals surface area contributed by atoms with Crippen LogP contribution in [0.1, 0.15) is 21.7 Å². The number of carbonyl (C=O) groups excluding carboxylic acids is 1. The Hall–Kier alpha value is -4.79. The smallest absolute Gasteiger partial charge is 0.259 e. The molecule has 0 fully saturated rings. The molecule has 0 spiro atoms. The average Bonchev–Trinajstić information content (AvgIpc) is 3.31. The number of nitrogens with zero attached hydrogens (tertiary/aromatic N) is 4. The Bertz CT molecular complexity index is 1620. The first-order valence-corrected chi connectivity index (χ1v) is 10.8. The van der Waals surface area contributed by atoms with Crippen LogP contribution in [0, 0.1) is 13.8 Å². The van der Waals surface area contributed by atoms with Crippen molar-refractivity contribution in [3.63, 3.8) is 0 Å². The largest absolute Gasteiger partial charge is 0.494 e. The number of fused-ring (bicyclic) bond motifs is 1. The number of benzene rings is 3. The Morgan fingerprint density at radius 1 is 1.03 bits per heavy atom. The van der Waals surface area contributed by atoms with Crippen LogP contribution < -0.4 is 15.5 Å². The van der Waals surface area contributed by atoms with E-state index in [0.717, 1.165) is 5.56 Å². The number of carbonyl (C=O) groups is 1. The number of aryl methyl sites for hydroxylation is 1. The summed E-state index contributed by atoms with van der Waals surface area (Å²) in [5.74, 6) is 1.11. The predicted molar refractivity (Wildman–Crippen MR) is 131 cm³/mol. The SMILES string of the molecule is COc1ccc(NC(=O)c2cccc3c(=O)c(C)c(-c4ccccc4)oc23)cc1-n1nnnc1C. The molecular formula is C26H21N5O4. The van der Waals surface area contributed by atoms with Crippen molar-refractivity contribution in [1.82, 2.24) is 20.2 Å². The van der Waals surface area contributed by atoms with Crippen LogP contribution in [0.3, 0.4) is 0 Å². The third-order valence-corrected chi connectivity index (χ3v) is 5.72. The fourth-order valence-electron chi connectivity index (χ4n) is 3.94. The molecule has 1 N–H and O–H groups in total. The molecule has 0 saturated heterocycles. The van der Waals surface area contributed by atoms with Gasteiger partial charge in [-0.2, -0.15) is 4.68 Å². The Morgan fingerprint density at radius 3 is 2.54 bits per heavy atom. The lowest BCUT2D eigenvalue weighted by molar-refractivity contribution is 0.102. The van der Waals surface area contributed by atoms with Gasteiger partial charge in [0.1, 0.15) is 17.2 Å². The zero-order valence-electron chi connectivity index (χ0n) is 19.3. The van der Waals surface area contributed by atoms with E-state index in [1.807, 2.05) is 30.3 Å². The molecule has 9 nitrogen and oxygen atoms in total. The van der Waals surface area contributed by atoms with Gasteiger partial charge in [0.2, 0.25) is 0 Å². The Morgan fingerprint density at radius 2 is 1.83 bits per heavy atom. The zero-order valence-corrected chi connectivity index (χ0v) is 19.3. The molecule has 0 bridgehead atoms. The van der Waals surface area contributed by atoms with E-state index >= 15 is 0 Å². The van der Waals surface area contributed by atoms with Crippen LogP contribution in [0.2, 0.25) is 0 Å². The molecule has 0 atom stereocenters. The van der Waals surface area contributed by atoms with Crippen LogP contribution in [-0.2, 0) is 0 Å². The molecule has 5 rings (SSSR count). The molecule has 174 valence electrons. The standard InChI is InChI=1S/C26H21N5O4/c1-15-23(32)19-10-7-11-20(25(19)35-24(15)17-8-5-4-6-9-17)26(33)27-18-12-13-22(34-3)21(14-18)31-16(2)28-29-30-31/h4-14H,1-3H3,(H,27,33). The fourth-order valence-corrected chi connectivity index (χ4v) is 3.94. The van der Waals surface area contributed by atoms with E-state index in [2.05, 4.69) is 20.8 Å². The molecular weight excluding hydrogens is 446 g/mol. The van der Waals surface area contributed by atoms with E-state index < -0.39 is 5.91 Å². The molecule has 0 aliphatic heterocycles. The molecule has 5 aromatic rings. The third-order valence-electron chi connectivity index (χ3n) is 5.72. The summed E-state index contributed by atoms with van der Waals surface area (Å²) in [6, 6.07) is 19.4. The lowest BCUT2D eigenvalue weighted by Gasteiger charge is -2.13. The van der Waals surface area contributed by atoms with Crippen LogP contribution in [0.15, 0.2) is 75.9 Å². The molecule has 9 heteroatoms. The summed E-state index contributed by atoms with van der Waals surface area (Å²) in [5.41, 5.74) is 2.60. The molecule has 2 heterocycles. The zero-order chi connectivity index (χ0) is 24.5. The quantitative estimate of drug-likeness (QED) is 0.410. The van der Waals surface area contributed by atoms with Crippen molar-refractivity contribution in [1.29, 1.82) is 0 Å². The molecule has 0 unspecified atom stereocenters. The first kappa shape index (κ1) is 22.0. The third kappa shape index (κ3) is 3.93. The van der Waals surface area contributed by atoms with Crippen LogP contribution in [0.4, 0.5) is 5.69 Å². The second kappa shape index (κ2) is 8.86. The van der Waals surface area contributed by atoms with Gasteiger partial charge >= 0.3 is 0 Å². The van der Waals surface area contributed by atoms with Gasteiger partial charge < -0.3 is 14.5 Å². The van der Waals surface area contributed by atoms with Gasteiger partial charge in [-0.15, -0.1) is 5.10 Å². The van der Waals surface area contributed by atoms with E-state index in [1.165, 1.54) is 4.68 Å². The molecule has 3 aromatic carbocycles. The van der Waals surface area contributed by atoms with Gasteiger partial charge in [0.05, 0.1) is 18.1 Å². The van der Waals surface area contributed by atoms with E-state index in [9.17, 15) is 9.59 Å². The summed E-state index contributed by atoms with van der Waals surface area (Å²) in [6.45, 7) is 3.48. The number of hydrogen-bond acceptors (Lipinski definition) is 7. The van der Waals surface area contributed by atoms with Gasteiger partial charge in [0, 0.05) is 16.8 Å². The van der Waals surface area contributed by atoms with Crippen molar-refractivity contribution in [2.45, 2.75) is 13.8 Å². The summed E-state index contributed by atoms with van der Waals surface area (Å²) in [7, 11) is 1.54. The Labute approximate surface area is 200 Å². The number of ether oxygens (including phenoxy) is 1. The number of rotatable bonds is 5. The normalized spacial score (nSPS) is 10.9. The maximum absolute atomic E-state index is 13.3. The van der Waals surface area contributed by atoms with Gasteiger partial charge in [-0.3, -0.25) is 9.59 Å². The second-order valence-electron chi connectivity index (χ2n) is 7.91. The molecule has 0 aliphatic carbocycles. The van der Waals surface area contributed by atoms with Crippen LogP contribution >= 0.6 is 0 Å². The van der Waals surface area contributed by atoms with Crippen molar-refractivity contribution in [2.75, 3.05) is 12.4 Å². The minimum absolute atomic E-state index is 0.180. The van der Waals surface area contributed by atoms with Crippen LogP contribution in [-0.4, -0.2) is 33.2 Å². The lowest BCUT2D eigenvalue weighted by atomic mass is 10.0. The lowest BCUT2D eigenvalue weighted by Crippen LogP contribution is -2.15. The number of para-hydroxylation sites is 1. The van der Waals surface area contributed by atoms with E-state index in [4.69, 9.17) is 9.15 Å². The predicted octanol–water partition coefficient (Wildman–Crippen LogP) is 4.31. The maximum atomic E-state index is 13.3. The average molecular weight is 467 g/mol. The van der Waals surface area contributed by atoms with Crippen molar-refractivity contribution >= 4 is 22.6 Å². The molecule has 0 aliphatic rings. The molecule has 35 heavy (non-hydrogen) atoms. The topological polar surface area (TPSA) is 112 Å².